The number of aliphatic hydroxyl groups excluding tert-OH is 4. The van der Waals surface area contributed by atoms with E-state index in [1.165, 1.54) is 14.0 Å². The first-order chi connectivity index (χ1) is 26.2. The van der Waals surface area contributed by atoms with E-state index in [4.69, 9.17) is 45.6 Å². The number of nitrogens with zero attached hydrogens (tertiary/aromatic N) is 1. The highest BCUT2D eigenvalue weighted by atomic mass is 16.7. The summed E-state index contributed by atoms with van der Waals surface area (Å²) in [7, 11) is 1.32. The molecule has 1 unspecified atom stereocenters. The first kappa shape index (κ1) is 48.0. The third kappa shape index (κ3) is 13.8. The summed E-state index contributed by atoms with van der Waals surface area (Å²) in [5, 5.41) is 62.7. The molecule has 1 saturated heterocycles. The van der Waals surface area contributed by atoms with Crippen molar-refractivity contribution in [2.24, 2.45) is 17.2 Å². The summed E-state index contributed by atoms with van der Waals surface area (Å²) < 4.78 is 34.6. The average Bonchev–Trinajstić information content (AvgIpc) is 3.07. The Morgan fingerprint density at radius 1 is 0.947 bits per heavy atom. The van der Waals surface area contributed by atoms with E-state index in [-0.39, 0.29) is 25.9 Å². The number of aliphatic hydroxyl groups is 5. The molecule has 13 atom stereocenters. The molecule has 2 aliphatic heterocycles. The third-order valence-electron chi connectivity index (χ3n) is 9.15. The fourth-order valence-corrected chi connectivity index (χ4v) is 6.42. The summed E-state index contributed by atoms with van der Waals surface area (Å²) in [5.41, 5.74) is 14.3. The van der Waals surface area contributed by atoms with Crippen LogP contribution in [0.5, 0.6) is 0 Å². The van der Waals surface area contributed by atoms with Crippen molar-refractivity contribution in [3.63, 3.8) is 0 Å². The molecule has 0 radical (unpaired) electrons. The number of amides is 4. The van der Waals surface area contributed by atoms with Crippen LogP contribution < -0.4 is 33.2 Å². The maximum Gasteiger partial charge on any atom is 0.410 e. The fourth-order valence-electron chi connectivity index (χ4n) is 6.42. The van der Waals surface area contributed by atoms with Gasteiger partial charge in [0.15, 0.2) is 6.29 Å². The Kier molecular flexibility index (Phi) is 16.5. The monoisotopic (exact) mass is 821 g/mol. The highest BCUT2D eigenvalue weighted by Crippen LogP contribution is 2.34. The largest absolute Gasteiger partial charge is 0.467 e. The Hall–Kier alpha value is -3.42. The van der Waals surface area contributed by atoms with Crippen LogP contribution in [0.3, 0.4) is 0 Å². The number of hydrogen-bond acceptors (Lipinski definition) is 18. The predicted molar refractivity (Wildman–Crippen MR) is 198 cm³/mol. The molecule has 1 saturated carbocycles. The molecule has 0 aromatic heterocycles. The van der Waals surface area contributed by atoms with Gasteiger partial charge in [-0.2, -0.15) is 0 Å². The number of alkyl carbamates (subject to hydrolysis) is 1. The van der Waals surface area contributed by atoms with Gasteiger partial charge in [0.2, 0.25) is 12.2 Å². The summed E-state index contributed by atoms with van der Waals surface area (Å²) in [5.74, 6) is -1.56. The second-order valence-electron chi connectivity index (χ2n) is 16.8. The second kappa shape index (κ2) is 19.6. The van der Waals surface area contributed by atoms with Crippen LogP contribution in [0.2, 0.25) is 0 Å². The summed E-state index contributed by atoms with van der Waals surface area (Å²) in [6, 6.07) is -4.31. The van der Waals surface area contributed by atoms with Gasteiger partial charge in [-0.3, -0.25) is 9.59 Å². The zero-order chi connectivity index (χ0) is 43.2. The number of nitrogens with one attached hydrogen (secondary N) is 3. The minimum absolute atomic E-state index is 0.0563. The molecule has 1 aliphatic carbocycles. The molecular weight excluding hydrogens is 758 g/mol. The van der Waals surface area contributed by atoms with Gasteiger partial charge in [0.1, 0.15) is 59.2 Å². The van der Waals surface area contributed by atoms with Gasteiger partial charge < -0.3 is 92.0 Å². The van der Waals surface area contributed by atoms with Gasteiger partial charge in [-0.05, 0) is 67.4 Å². The molecular formula is C35H63N7O15. The van der Waals surface area contributed by atoms with Gasteiger partial charge >= 0.3 is 12.2 Å². The molecule has 0 bridgehead atoms. The lowest BCUT2D eigenvalue weighted by Crippen LogP contribution is -2.70. The molecule has 57 heavy (non-hydrogen) atoms. The molecule has 3 rings (SSSR count). The number of carbonyl (C=O) groups excluding carboxylic acids is 4. The molecule has 0 aromatic carbocycles. The zero-order valence-electron chi connectivity index (χ0n) is 33.7. The number of hydrogen-bond donors (Lipinski definition) is 11. The maximum absolute atomic E-state index is 13.3. The number of nitrogens with two attached hydrogens (primary N) is 3. The smallest absolute Gasteiger partial charge is 0.410 e. The van der Waals surface area contributed by atoms with E-state index in [9.17, 15) is 44.7 Å². The van der Waals surface area contributed by atoms with E-state index in [1.807, 2.05) is 0 Å². The molecule has 328 valence electrons. The molecule has 14 N–H and O–H groups in total. The van der Waals surface area contributed by atoms with Crippen molar-refractivity contribution in [1.29, 1.82) is 0 Å². The minimum atomic E-state index is -1.81. The minimum Gasteiger partial charge on any atom is -0.467 e. The summed E-state index contributed by atoms with van der Waals surface area (Å²) >= 11 is 0. The van der Waals surface area contributed by atoms with Crippen LogP contribution in [0.4, 0.5) is 9.59 Å². The Morgan fingerprint density at radius 3 is 2.16 bits per heavy atom. The molecule has 4 amide bonds. The number of ether oxygens (including phenoxy) is 6. The van der Waals surface area contributed by atoms with Crippen LogP contribution >= 0.6 is 0 Å². The van der Waals surface area contributed by atoms with Gasteiger partial charge in [-0.25, -0.2) is 9.59 Å². The predicted octanol–water partition coefficient (Wildman–Crippen LogP) is -3.68. The van der Waals surface area contributed by atoms with Crippen LogP contribution in [0.25, 0.3) is 0 Å². The number of primary amides is 1. The quantitative estimate of drug-likeness (QED) is 0.0804. The Labute approximate surface area is 331 Å². The topological polar surface area (TPSA) is 342 Å². The Morgan fingerprint density at radius 2 is 1.56 bits per heavy atom. The lowest BCUT2D eigenvalue weighted by molar-refractivity contribution is -0.310. The van der Waals surface area contributed by atoms with E-state index >= 15 is 0 Å². The second-order valence-corrected chi connectivity index (χ2v) is 16.8. The van der Waals surface area contributed by atoms with Crippen molar-refractivity contribution >= 4 is 24.0 Å². The van der Waals surface area contributed by atoms with Crippen LogP contribution in [0, 0.1) is 0 Å². The lowest BCUT2D eigenvalue weighted by atomic mass is 9.83. The van der Waals surface area contributed by atoms with E-state index in [0.717, 1.165) is 4.90 Å². The number of rotatable bonds is 14. The Balaban J connectivity index is 1.85. The van der Waals surface area contributed by atoms with Crippen LogP contribution in [-0.4, -0.2) is 178 Å². The summed E-state index contributed by atoms with van der Waals surface area (Å²) in [6.45, 7) is 10.1. The molecule has 0 aromatic rings. The van der Waals surface area contributed by atoms with Crippen molar-refractivity contribution in [2.75, 3.05) is 33.3 Å². The highest BCUT2D eigenvalue weighted by Gasteiger charge is 2.54. The molecule has 3 aliphatic rings. The normalized spacial score (nSPS) is 33.1. The van der Waals surface area contributed by atoms with Gasteiger partial charge in [0, 0.05) is 19.6 Å². The molecule has 22 nitrogen and oxygen atoms in total. The fraction of sp³-hybridized carbons (Fsp3) is 0.829. The van der Waals surface area contributed by atoms with Crippen molar-refractivity contribution in [1.82, 2.24) is 20.9 Å². The SMILES string of the molecule is CN(C(=O)OC(C)(C)C)[C@@H]1[C@@H](O)[C@@H](O[C@@H]2[C@@H](O)[C@H](O[C@H]3OC(CNCC(O)C(N)=O)=CC[C@H]3N)[C@@H](N)C[C@H]2NC(=O)[C@@H](O)CNC(=O)OC(C)(C)C)OC[C@]1(C)O. The number of likely N-dealkylation sites (N-methyl/N-ethyl adjacent to an activating group) is 1. The Bertz CT molecular complexity index is 1420. The van der Waals surface area contributed by atoms with E-state index in [2.05, 4.69) is 16.0 Å². The van der Waals surface area contributed by atoms with Gasteiger partial charge in [-0.15, -0.1) is 0 Å². The van der Waals surface area contributed by atoms with Gasteiger partial charge in [-0.1, -0.05) is 0 Å². The van der Waals surface area contributed by atoms with Crippen LogP contribution in [0.1, 0.15) is 61.3 Å². The van der Waals surface area contributed by atoms with Crippen LogP contribution in [-0.2, 0) is 38.0 Å². The molecule has 0 spiro atoms. The van der Waals surface area contributed by atoms with Crippen LogP contribution in [0.15, 0.2) is 11.8 Å². The first-order valence-corrected chi connectivity index (χ1v) is 18.7. The van der Waals surface area contributed by atoms with Gasteiger partial charge in [0.05, 0.1) is 37.8 Å². The lowest BCUT2D eigenvalue weighted by Gasteiger charge is -2.50. The average molecular weight is 822 g/mol. The zero-order valence-corrected chi connectivity index (χ0v) is 33.7. The van der Waals surface area contributed by atoms with Crippen molar-refractivity contribution < 1.29 is 73.1 Å². The molecule has 2 heterocycles. The third-order valence-corrected chi connectivity index (χ3v) is 9.15. The van der Waals surface area contributed by atoms with Gasteiger partial charge in [0.25, 0.3) is 5.91 Å². The number of carbonyl (C=O) groups is 4. The maximum atomic E-state index is 13.3. The van der Waals surface area contributed by atoms with Crippen molar-refractivity contribution in [3.05, 3.63) is 11.8 Å². The van der Waals surface area contributed by atoms with E-state index in [0.29, 0.717) is 5.76 Å². The summed E-state index contributed by atoms with van der Waals surface area (Å²) in [4.78, 5) is 50.6. The van der Waals surface area contributed by atoms with E-state index < -0.39 is 127 Å². The molecule has 2 fully saturated rings. The molecule has 22 heteroatoms. The van der Waals surface area contributed by atoms with Crippen molar-refractivity contribution in [3.8, 4) is 0 Å². The van der Waals surface area contributed by atoms with E-state index in [1.54, 1.807) is 47.6 Å². The van der Waals surface area contributed by atoms with Crippen molar-refractivity contribution in [2.45, 2.75) is 151 Å². The standard InChI is InChI=1S/C35H63N7O15/c1-33(2,3)56-31(49)40-14-21(44)28(48)41-19-11-18(37)24(54-29-17(36)10-9-16(53-29)12-39-13-20(43)27(38)47)22(45)25(19)55-30-23(46)26(35(7,51)15-52-30)42(8)32(50)57-34(4,5)6/h9,17-26,29-30,39,43-46,51H,10-15,36-37H2,1-8H3,(H2,38,47)(H,40,49)(H,41,48)/t17-,18+,19-,20?,21+,22+,23-,24-,25+,26-,29-,30-,35+/m1/s1. The highest BCUT2D eigenvalue weighted by molar-refractivity contribution is 5.82. The summed E-state index contributed by atoms with van der Waals surface area (Å²) in [6.07, 6.45) is -12.2. The first-order valence-electron chi connectivity index (χ1n) is 18.7.